The van der Waals surface area contributed by atoms with Gasteiger partial charge in [0.1, 0.15) is 12.7 Å². The average molecular weight is 275 g/mol. The van der Waals surface area contributed by atoms with Crippen LogP contribution in [0.15, 0.2) is 24.3 Å². The Morgan fingerprint density at radius 1 is 1.15 bits per heavy atom. The summed E-state index contributed by atoms with van der Waals surface area (Å²) in [5.74, 6) is 1.73. The van der Waals surface area contributed by atoms with E-state index in [2.05, 4.69) is 19.2 Å². The molecule has 110 valence electrons. The molecule has 1 saturated carbocycles. The maximum atomic E-state index is 5.98. The molecular weight excluding hydrogens is 250 g/mol. The normalized spacial score (nSPS) is 25.4. The molecule has 0 spiro atoms. The second-order valence-corrected chi connectivity index (χ2v) is 6.84. The molecule has 0 radical (unpaired) electrons. The van der Waals surface area contributed by atoms with Crippen LogP contribution < -0.4 is 14.8 Å². The highest BCUT2D eigenvalue weighted by Gasteiger charge is 2.28. The van der Waals surface area contributed by atoms with Crippen LogP contribution in [0.25, 0.3) is 0 Å². The molecule has 0 amide bonds. The number of nitrogens with one attached hydrogen (secondary N) is 1. The Morgan fingerprint density at radius 3 is 2.60 bits per heavy atom. The monoisotopic (exact) mass is 275 g/mol. The van der Waals surface area contributed by atoms with Gasteiger partial charge in [0.25, 0.3) is 0 Å². The van der Waals surface area contributed by atoms with Gasteiger partial charge in [-0.3, -0.25) is 0 Å². The van der Waals surface area contributed by atoms with E-state index in [9.17, 15) is 0 Å². The van der Waals surface area contributed by atoms with Gasteiger partial charge in [-0.1, -0.05) is 26.0 Å². The first kappa shape index (κ1) is 13.7. The standard InChI is InChI=1S/C17H25NO2/c1-17(2)9-7-13(8-10-17)18-11-14-12-19-15-5-3-4-6-16(15)20-14/h3-6,13-14,18H,7-12H2,1-2H3. The van der Waals surface area contributed by atoms with E-state index in [0.717, 1.165) is 18.0 Å². The molecule has 1 aromatic carbocycles. The maximum absolute atomic E-state index is 5.98. The van der Waals surface area contributed by atoms with Gasteiger partial charge in [-0.15, -0.1) is 0 Å². The number of hydrogen-bond acceptors (Lipinski definition) is 3. The molecule has 1 aliphatic heterocycles. The van der Waals surface area contributed by atoms with Crippen LogP contribution in [0.5, 0.6) is 11.5 Å². The van der Waals surface area contributed by atoms with E-state index in [1.165, 1.54) is 25.7 Å². The number of hydrogen-bond donors (Lipinski definition) is 1. The molecule has 1 atom stereocenters. The van der Waals surface area contributed by atoms with Crippen LogP contribution in [-0.4, -0.2) is 25.3 Å². The fourth-order valence-corrected chi connectivity index (χ4v) is 3.07. The van der Waals surface area contributed by atoms with Gasteiger partial charge in [-0.05, 0) is 43.2 Å². The lowest BCUT2D eigenvalue weighted by molar-refractivity contribution is 0.0844. The lowest BCUT2D eigenvalue weighted by Crippen LogP contribution is -2.44. The van der Waals surface area contributed by atoms with Gasteiger partial charge >= 0.3 is 0 Å². The molecule has 3 nitrogen and oxygen atoms in total. The first-order valence-corrected chi connectivity index (χ1v) is 7.74. The Hall–Kier alpha value is -1.22. The zero-order valence-electron chi connectivity index (χ0n) is 12.5. The molecule has 1 fully saturated rings. The van der Waals surface area contributed by atoms with Gasteiger partial charge in [0, 0.05) is 12.6 Å². The van der Waals surface area contributed by atoms with Gasteiger partial charge < -0.3 is 14.8 Å². The predicted octanol–water partition coefficient (Wildman–Crippen LogP) is 3.38. The summed E-state index contributed by atoms with van der Waals surface area (Å²) in [6.07, 6.45) is 5.30. The van der Waals surface area contributed by atoms with E-state index >= 15 is 0 Å². The molecule has 1 unspecified atom stereocenters. The van der Waals surface area contributed by atoms with Crippen LogP contribution >= 0.6 is 0 Å². The summed E-state index contributed by atoms with van der Waals surface area (Å²) in [5, 5.41) is 3.65. The van der Waals surface area contributed by atoms with E-state index in [4.69, 9.17) is 9.47 Å². The number of benzene rings is 1. The van der Waals surface area contributed by atoms with E-state index in [1.807, 2.05) is 24.3 Å². The van der Waals surface area contributed by atoms with Crippen LogP contribution in [0.1, 0.15) is 39.5 Å². The quantitative estimate of drug-likeness (QED) is 0.917. The zero-order chi connectivity index (χ0) is 14.0. The second-order valence-electron chi connectivity index (χ2n) is 6.84. The highest BCUT2D eigenvalue weighted by Crippen LogP contribution is 2.35. The molecule has 0 saturated heterocycles. The molecule has 0 bridgehead atoms. The Balaban J connectivity index is 1.46. The van der Waals surface area contributed by atoms with Crippen molar-refractivity contribution in [2.24, 2.45) is 5.41 Å². The van der Waals surface area contributed by atoms with Crippen LogP contribution in [0, 0.1) is 5.41 Å². The molecule has 1 aromatic rings. The minimum atomic E-state index is 0.125. The minimum absolute atomic E-state index is 0.125. The van der Waals surface area contributed by atoms with Gasteiger partial charge in [0.05, 0.1) is 0 Å². The fourth-order valence-electron chi connectivity index (χ4n) is 3.07. The Labute approximate surface area is 121 Å². The highest BCUT2D eigenvalue weighted by molar-refractivity contribution is 5.40. The molecular formula is C17H25NO2. The first-order valence-electron chi connectivity index (χ1n) is 7.74. The average Bonchev–Trinajstić information content (AvgIpc) is 2.46. The summed E-state index contributed by atoms with van der Waals surface area (Å²) in [6, 6.07) is 8.54. The van der Waals surface area contributed by atoms with Crippen molar-refractivity contribution in [3.8, 4) is 11.5 Å². The SMILES string of the molecule is CC1(C)CCC(NCC2COc3ccccc3O2)CC1. The van der Waals surface area contributed by atoms with Crippen LogP contribution in [0.4, 0.5) is 0 Å². The van der Waals surface area contributed by atoms with Gasteiger partial charge in [-0.2, -0.15) is 0 Å². The van der Waals surface area contributed by atoms with Crippen molar-refractivity contribution < 1.29 is 9.47 Å². The van der Waals surface area contributed by atoms with Crippen LogP contribution in [0.2, 0.25) is 0 Å². The fraction of sp³-hybridized carbons (Fsp3) is 0.647. The van der Waals surface area contributed by atoms with Crippen molar-refractivity contribution in [1.82, 2.24) is 5.32 Å². The Bertz CT molecular complexity index is 448. The van der Waals surface area contributed by atoms with Crippen molar-refractivity contribution >= 4 is 0 Å². The third kappa shape index (κ3) is 3.26. The molecule has 1 aliphatic carbocycles. The minimum Gasteiger partial charge on any atom is -0.486 e. The van der Waals surface area contributed by atoms with Crippen molar-refractivity contribution in [2.45, 2.75) is 51.7 Å². The van der Waals surface area contributed by atoms with Crippen molar-refractivity contribution in [3.05, 3.63) is 24.3 Å². The first-order chi connectivity index (χ1) is 9.62. The molecule has 2 aliphatic rings. The molecule has 0 aromatic heterocycles. The Kier molecular flexibility index (Phi) is 3.88. The summed E-state index contributed by atoms with van der Waals surface area (Å²) in [6.45, 7) is 6.26. The number of rotatable bonds is 3. The molecule has 3 heteroatoms. The molecule has 20 heavy (non-hydrogen) atoms. The van der Waals surface area contributed by atoms with E-state index in [1.54, 1.807) is 0 Å². The van der Waals surface area contributed by atoms with Crippen molar-refractivity contribution in [2.75, 3.05) is 13.2 Å². The smallest absolute Gasteiger partial charge is 0.161 e. The van der Waals surface area contributed by atoms with E-state index in [-0.39, 0.29) is 6.10 Å². The predicted molar refractivity (Wildman–Crippen MR) is 80.4 cm³/mol. The van der Waals surface area contributed by atoms with Gasteiger partial charge in [0.15, 0.2) is 11.5 Å². The maximum Gasteiger partial charge on any atom is 0.161 e. The largest absolute Gasteiger partial charge is 0.486 e. The van der Waals surface area contributed by atoms with Crippen LogP contribution in [0.3, 0.4) is 0 Å². The number of para-hydroxylation sites is 2. The summed E-state index contributed by atoms with van der Waals surface area (Å²) in [7, 11) is 0. The third-order valence-corrected chi connectivity index (χ3v) is 4.54. The Morgan fingerprint density at radius 2 is 1.85 bits per heavy atom. The summed E-state index contributed by atoms with van der Waals surface area (Å²) >= 11 is 0. The lowest BCUT2D eigenvalue weighted by atomic mass is 9.75. The lowest BCUT2D eigenvalue weighted by Gasteiger charge is -2.35. The summed E-state index contributed by atoms with van der Waals surface area (Å²) in [5.41, 5.74) is 0.529. The topological polar surface area (TPSA) is 30.5 Å². The van der Waals surface area contributed by atoms with Crippen LogP contribution in [-0.2, 0) is 0 Å². The van der Waals surface area contributed by atoms with E-state index in [0.29, 0.717) is 18.1 Å². The van der Waals surface area contributed by atoms with Gasteiger partial charge in [-0.25, -0.2) is 0 Å². The number of fused-ring (bicyclic) bond motifs is 1. The van der Waals surface area contributed by atoms with Crippen molar-refractivity contribution in [1.29, 1.82) is 0 Å². The second kappa shape index (κ2) is 5.65. The molecule has 1 heterocycles. The van der Waals surface area contributed by atoms with Gasteiger partial charge in [0.2, 0.25) is 0 Å². The third-order valence-electron chi connectivity index (χ3n) is 4.54. The highest BCUT2D eigenvalue weighted by atomic mass is 16.6. The van der Waals surface area contributed by atoms with E-state index < -0.39 is 0 Å². The molecule has 3 rings (SSSR count). The van der Waals surface area contributed by atoms with Crippen molar-refractivity contribution in [3.63, 3.8) is 0 Å². The zero-order valence-corrected chi connectivity index (χ0v) is 12.5. The summed E-state index contributed by atoms with van der Waals surface area (Å²) < 4.78 is 11.7. The number of ether oxygens (including phenoxy) is 2. The summed E-state index contributed by atoms with van der Waals surface area (Å²) in [4.78, 5) is 0. The molecule has 1 N–H and O–H groups in total.